The summed E-state index contributed by atoms with van der Waals surface area (Å²) >= 11 is 7.62. The number of aromatic nitrogens is 1. The number of carbonyl (C=O) groups excluding carboxylic acids is 1. The van der Waals surface area contributed by atoms with E-state index in [2.05, 4.69) is 15.3 Å². The molecule has 0 bridgehead atoms. The first kappa shape index (κ1) is 31.4. The average Bonchev–Trinajstić information content (AvgIpc) is 3.68. The molecule has 10 nitrogen and oxygen atoms in total. The second kappa shape index (κ2) is 12.2. The zero-order chi connectivity index (χ0) is 31.1. The Balaban J connectivity index is 1.51. The molecule has 15 heteroatoms. The predicted molar refractivity (Wildman–Crippen MR) is 152 cm³/mol. The SMILES string of the molecule is CCOC(=O)C1=C(CN2CC(F)(F)[C@H]3[C@@H]2CON3CCC(C)(C)C(=O)O)NC(c2nccs2)=NC1c1cccc(F)c1Cl. The van der Waals surface area contributed by atoms with Crippen molar-refractivity contribution in [2.24, 2.45) is 10.4 Å². The molecule has 1 aromatic heterocycles. The van der Waals surface area contributed by atoms with Crippen LogP contribution in [0.25, 0.3) is 0 Å². The van der Waals surface area contributed by atoms with Crippen molar-refractivity contribution in [2.45, 2.75) is 51.2 Å². The number of carboxylic acids is 1. The summed E-state index contributed by atoms with van der Waals surface area (Å²) in [6.45, 7) is 3.89. The van der Waals surface area contributed by atoms with E-state index in [0.717, 1.165) is 0 Å². The predicted octanol–water partition coefficient (Wildman–Crippen LogP) is 4.28. The molecular weight excluding hydrogens is 611 g/mol. The number of nitrogens with zero attached hydrogens (tertiary/aromatic N) is 4. The summed E-state index contributed by atoms with van der Waals surface area (Å²) in [7, 11) is 0. The van der Waals surface area contributed by atoms with Crippen LogP contribution in [-0.4, -0.2) is 88.7 Å². The molecule has 4 heterocycles. The number of aliphatic carboxylic acids is 1. The molecule has 3 aliphatic heterocycles. The quantitative estimate of drug-likeness (QED) is 0.367. The highest BCUT2D eigenvalue weighted by molar-refractivity contribution is 7.11. The van der Waals surface area contributed by atoms with E-state index in [1.807, 2.05) is 0 Å². The average molecular weight is 642 g/mol. The number of carbonyl (C=O) groups is 2. The van der Waals surface area contributed by atoms with E-state index in [0.29, 0.717) is 5.01 Å². The lowest BCUT2D eigenvalue weighted by molar-refractivity contribution is -0.186. The lowest BCUT2D eigenvalue weighted by Gasteiger charge is -2.30. The lowest BCUT2D eigenvalue weighted by Crippen LogP contribution is -2.46. The minimum Gasteiger partial charge on any atom is -0.481 e. The lowest BCUT2D eigenvalue weighted by atomic mass is 9.89. The number of amidine groups is 1. The second-order valence-electron chi connectivity index (χ2n) is 11.2. The minimum atomic E-state index is -3.20. The Labute approximate surface area is 255 Å². The molecule has 1 aromatic carbocycles. The van der Waals surface area contributed by atoms with Crippen LogP contribution in [0.15, 0.2) is 46.0 Å². The number of benzene rings is 1. The number of halogens is 4. The number of likely N-dealkylation sites (tertiary alicyclic amines) is 1. The van der Waals surface area contributed by atoms with Crippen molar-refractivity contribution < 1.29 is 37.4 Å². The fraction of sp³-hybridized carbons (Fsp3) is 0.500. The van der Waals surface area contributed by atoms with Crippen molar-refractivity contribution in [1.29, 1.82) is 0 Å². The normalized spacial score (nSPS) is 24.1. The molecule has 5 rings (SSSR count). The van der Waals surface area contributed by atoms with Crippen molar-refractivity contribution >= 4 is 40.7 Å². The molecule has 43 heavy (non-hydrogen) atoms. The van der Waals surface area contributed by atoms with Crippen LogP contribution in [0.4, 0.5) is 13.2 Å². The Bertz CT molecular complexity index is 1450. The first-order chi connectivity index (χ1) is 20.3. The van der Waals surface area contributed by atoms with Crippen LogP contribution >= 0.6 is 22.9 Å². The van der Waals surface area contributed by atoms with Gasteiger partial charge in [0.15, 0.2) is 10.8 Å². The summed E-state index contributed by atoms with van der Waals surface area (Å²) in [6, 6.07) is 0.977. The maximum Gasteiger partial charge on any atom is 0.338 e. The molecule has 2 saturated heterocycles. The van der Waals surface area contributed by atoms with Crippen molar-refractivity contribution in [1.82, 2.24) is 20.3 Å². The molecule has 232 valence electrons. The van der Waals surface area contributed by atoms with E-state index >= 15 is 8.78 Å². The molecule has 0 amide bonds. The number of alkyl halides is 2. The number of hydrogen-bond donors (Lipinski definition) is 2. The maximum atomic E-state index is 15.5. The fourth-order valence-electron chi connectivity index (χ4n) is 5.47. The van der Waals surface area contributed by atoms with E-state index in [1.165, 1.54) is 47.3 Å². The van der Waals surface area contributed by atoms with Crippen LogP contribution in [-0.2, 0) is 19.2 Å². The molecule has 0 radical (unpaired) electrons. The van der Waals surface area contributed by atoms with E-state index in [1.54, 1.807) is 24.6 Å². The Kier molecular flexibility index (Phi) is 8.87. The van der Waals surface area contributed by atoms with Gasteiger partial charge in [0.05, 0.1) is 41.8 Å². The highest BCUT2D eigenvalue weighted by Crippen LogP contribution is 2.43. The topological polar surface area (TPSA) is 117 Å². The van der Waals surface area contributed by atoms with Gasteiger partial charge in [-0.3, -0.25) is 19.5 Å². The summed E-state index contributed by atoms with van der Waals surface area (Å²) in [4.78, 5) is 41.1. The highest BCUT2D eigenvalue weighted by Gasteiger charge is 2.61. The Hall–Kier alpha value is -3.04. The largest absolute Gasteiger partial charge is 0.481 e. The molecule has 2 N–H and O–H groups in total. The second-order valence-corrected chi connectivity index (χ2v) is 12.4. The number of carboxylic acid groups (broad SMARTS) is 1. The Morgan fingerprint density at radius 1 is 1.35 bits per heavy atom. The van der Waals surface area contributed by atoms with Gasteiger partial charge in [0, 0.05) is 35.9 Å². The van der Waals surface area contributed by atoms with E-state index in [-0.39, 0.29) is 60.4 Å². The van der Waals surface area contributed by atoms with Crippen molar-refractivity contribution in [3.05, 3.63) is 62.5 Å². The molecular formula is C28H31ClF3N5O5S. The zero-order valence-electron chi connectivity index (χ0n) is 23.7. The van der Waals surface area contributed by atoms with Crippen LogP contribution < -0.4 is 5.32 Å². The maximum absolute atomic E-state index is 15.5. The molecule has 0 aliphatic carbocycles. The van der Waals surface area contributed by atoms with Gasteiger partial charge in [-0.1, -0.05) is 23.7 Å². The number of hydroxylamine groups is 2. The number of esters is 1. The van der Waals surface area contributed by atoms with Crippen LogP contribution in [0.3, 0.4) is 0 Å². The van der Waals surface area contributed by atoms with Crippen LogP contribution in [0.2, 0.25) is 5.02 Å². The van der Waals surface area contributed by atoms with Crippen molar-refractivity contribution in [3.63, 3.8) is 0 Å². The summed E-state index contributed by atoms with van der Waals surface area (Å²) in [5.74, 6) is -5.42. The smallest absolute Gasteiger partial charge is 0.338 e. The van der Waals surface area contributed by atoms with E-state index < -0.39 is 53.8 Å². The van der Waals surface area contributed by atoms with Gasteiger partial charge in [0.1, 0.15) is 17.9 Å². The third-order valence-electron chi connectivity index (χ3n) is 7.83. The summed E-state index contributed by atoms with van der Waals surface area (Å²) in [6.07, 6.45) is 1.67. The van der Waals surface area contributed by atoms with Gasteiger partial charge in [-0.25, -0.2) is 22.9 Å². The monoisotopic (exact) mass is 641 g/mol. The van der Waals surface area contributed by atoms with Gasteiger partial charge in [-0.2, -0.15) is 5.06 Å². The molecule has 2 fully saturated rings. The number of ether oxygens (including phenoxy) is 1. The van der Waals surface area contributed by atoms with Gasteiger partial charge < -0.3 is 15.2 Å². The third kappa shape index (κ3) is 6.16. The standard InChI is InChI=1S/C28H31ClF3N5O5S/c1-4-41-25(38)19-17(34-23(24-33-9-11-43-24)35-21(19)15-6-5-7-16(30)20(15)29)12-36-14-28(31,32)22-18(36)13-42-37(22)10-8-27(2,3)26(39)40/h5-7,9,11,18,21-22H,4,8,10,12-14H2,1-3H3,(H,34,35)(H,39,40)/t18-,21?,22+/m0/s1. The minimum absolute atomic E-state index is 0.0000827. The molecule has 3 atom stereocenters. The Morgan fingerprint density at radius 2 is 2.12 bits per heavy atom. The molecule has 3 aliphatic rings. The van der Waals surface area contributed by atoms with Gasteiger partial charge >= 0.3 is 11.9 Å². The highest BCUT2D eigenvalue weighted by atomic mass is 35.5. The van der Waals surface area contributed by atoms with Crippen LogP contribution in [0.5, 0.6) is 0 Å². The van der Waals surface area contributed by atoms with Gasteiger partial charge in [-0.05, 0) is 33.3 Å². The van der Waals surface area contributed by atoms with E-state index in [4.69, 9.17) is 21.2 Å². The summed E-state index contributed by atoms with van der Waals surface area (Å²) in [5, 5.41) is 15.7. The van der Waals surface area contributed by atoms with Gasteiger partial charge in [-0.15, -0.1) is 11.3 Å². The number of hydrogen-bond acceptors (Lipinski definition) is 10. The number of rotatable bonds is 10. The summed E-state index contributed by atoms with van der Waals surface area (Å²) < 4.78 is 51.0. The number of thiazole rings is 1. The number of nitrogens with one attached hydrogen (secondary N) is 1. The van der Waals surface area contributed by atoms with Crippen LogP contribution in [0.1, 0.15) is 43.8 Å². The number of aliphatic imine (C=N–C) groups is 1. The zero-order valence-corrected chi connectivity index (χ0v) is 25.2. The summed E-state index contributed by atoms with van der Waals surface area (Å²) in [5.41, 5.74) is -0.663. The van der Waals surface area contributed by atoms with Crippen LogP contribution in [0, 0.1) is 11.2 Å². The third-order valence-corrected chi connectivity index (χ3v) is 9.01. The Morgan fingerprint density at radius 3 is 2.79 bits per heavy atom. The molecule has 2 aromatic rings. The van der Waals surface area contributed by atoms with Gasteiger partial charge in [0.2, 0.25) is 0 Å². The van der Waals surface area contributed by atoms with Gasteiger partial charge in [0.25, 0.3) is 5.92 Å². The molecule has 1 unspecified atom stereocenters. The number of fused-ring (bicyclic) bond motifs is 1. The van der Waals surface area contributed by atoms with Crippen molar-refractivity contribution in [3.8, 4) is 0 Å². The molecule has 0 saturated carbocycles. The van der Waals surface area contributed by atoms with Crippen molar-refractivity contribution in [2.75, 3.05) is 32.8 Å². The molecule has 0 spiro atoms. The first-order valence-electron chi connectivity index (χ1n) is 13.7. The fourth-order valence-corrected chi connectivity index (χ4v) is 6.28. The van der Waals surface area contributed by atoms with E-state index in [9.17, 15) is 19.1 Å². The first-order valence-corrected chi connectivity index (χ1v) is 14.9.